The molecule has 0 unspecified atom stereocenters. The number of methoxy groups -OCH3 is 2. The van der Waals surface area contributed by atoms with Crippen molar-refractivity contribution in [2.24, 2.45) is 0 Å². The molecule has 3 aromatic rings. The molecule has 0 bridgehead atoms. The van der Waals surface area contributed by atoms with Crippen LogP contribution in [0.2, 0.25) is 0 Å². The number of rotatable bonds is 6. The van der Waals surface area contributed by atoms with E-state index in [1.165, 1.54) is 6.07 Å². The molecule has 0 spiro atoms. The number of nitrogens with zero attached hydrogens (tertiary/aromatic N) is 2. The number of aromatic nitrogens is 1. The molecule has 0 aliphatic rings. The summed E-state index contributed by atoms with van der Waals surface area (Å²) in [5.74, 6) is 1.20. The summed E-state index contributed by atoms with van der Waals surface area (Å²) in [5, 5.41) is 0.556. The van der Waals surface area contributed by atoms with Crippen LogP contribution in [0, 0.1) is 12.7 Å². The summed E-state index contributed by atoms with van der Waals surface area (Å²) in [6.07, 6.45) is 1.70. The Balaban J connectivity index is 1.84. The fraction of sp³-hybridized carbons (Fsp3) is 0.286. The van der Waals surface area contributed by atoms with Crippen molar-refractivity contribution in [2.75, 3.05) is 21.3 Å². The Morgan fingerprint density at radius 1 is 1.00 bits per heavy atom. The average Bonchev–Trinajstić information content (AvgIpc) is 2.65. The Hall–Kier alpha value is -2.66. The Kier molecular flexibility index (Phi) is 5.38. The van der Waals surface area contributed by atoms with Gasteiger partial charge in [0, 0.05) is 24.7 Å². The monoisotopic (exact) mass is 354 g/mol. The van der Waals surface area contributed by atoms with Crippen molar-refractivity contribution in [1.82, 2.24) is 9.88 Å². The highest BCUT2D eigenvalue weighted by Gasteiger charge is 2.13. The minimum Gasteiger partial charge on any atom is -0.493 e. The van der Waals surface area contributed by atoms with Gasteiger partial charge in [0.1, 0.15) is 5.82 Å². The summed E-state index contributed by atoms with van der Waals surface area (Å²) in [4.78, 5) is 6.54. The smallest absolute Gasteiger partial charge is 0.161 e. The zero-order valence-corrected chi connectivity index (χ0v) is 15.5. The van der Waals surface area contributed by atoms with Crippen molar-refractivity contribution in [1.29, 1.82) is 0 Å². The van der Waals surface area contributed by atoms with Gasteiger partial charge < -0.3 is 9.47 Å². The van der Waals surface area contributed by atoms with Gasteiger partial charge in [0.15, 0.2) is 11.5 Å². The number of fused-ring (bicyclic) bond motifs is 1. The molecule has 136 valence electrons. The minimum atomic E-state index is -0.241. The number of aryl methyl sites for hydroxylation is 1. The topological polar surface area (TPSA) is 34.6 Å². The summed E-state index contributed by atoms with van der Waals surface area (Å²) in [6, 6.07) is 10.8. The third-order valence-corrected chi connectivity index (χ3v) is 4.52. The van der Waals surface area contributed by atoms with E-state index in [-0.39, 0.29) is 5.82 Å². The largest absolute Gasteiger partial charge is 0.493 e. The molecule has 0 fully saturated rings. The normalized spacial score (nSPS) is 11.2. The third-order valence-electron chi connectivity index (χ3n) is 4.52. The van der Waals surface area contributed by atoms with E-state index < -0.39 is 0 Å². The highest BCUT2D eigenvalue weighted by Crippen LogP contribution is 2.31. The van der Waals surface area contributed by atoms with Crippen molar-refractivity contribution in [3.05, 3.63) is 65.1 Å². The van der Waals surface area contributed by atoms with E-state index in [1.54, 1.807) is 32.5 Å². The first-order valence-electron chi connectivity index (χ1n) is 8.45. The van der Waals surface area contributed by atoms with Gasteiger partial charge in [-0.2, -0.15) is 0 Å². The SMILES string of the molecule is COc1cc(C)c(CN(C)Cc2ccc(F)c3cccnc23)cc1OC. The van der Waals surface area contributed by atoms with Gasteiger partial charge in [0.05, 0.1) is 19.7 Å². The van der Waals surface area contributed by atoms with Crippen LogP contribution >= 0.6 is 0 Å². The first-order chi connectivity index (χ1) is 12.5. The first kappa shape index (κ1) is 18.1. The molecule has 0 saturated heterocycles. The molecule has 0 amide bonds. The molecule has 5 heteroatoms. The van der Waals surface area contributed by atoms with Gasteiger partial charge in [-0.3, -0.25) is 9.88 Å². The quantitative estimate of drug-likeness (QED) is 0.660. The fourth-order valence-corrected chi connectivity index (χ4v) is 3.15. The number of ether oxygens (including phenoxy) is 2. The molecule has 1 heterocycles. The lowest BCUT2D eigenvalue weighted by molar-refractivity contribution is 0.316. The van der Waals surface area contributed by atoms with Gasteiger partial charge in [-0.1, -0.05) is 6.07 Å². The van der Waals surface area contributed by atoms with Crippen LogP contribution in [0.1, 0.15) is 16.7 Å². The second-order valence-electron chi connectivity index (χ2n) is 6.41. The molecule has 0 aliphatic carbocycles. The van der Waals surface area contributed by atoms with E-state index in [0.29, 0.717) is 17.4 Å². The number of pyridine rings is 1. The van der Waals surface area contributed by atoms with Crippen LogP contribution in [0.5, 0.6) is 11.5 Å². The van der Waals surface area contributed by atoms with Gasteiger partial charge in [-0.05, 0) is 61.0 Å². The van der Waals surface area contributed by atoms with E-state index in [0.717, 1.165) is 34.7 Å². The van der Waals surface area contributed by atoms with Crippen molar-refractivity contribution < 1.29 is 13.9 Å². The lowest BCUT2D eigenvalue weighted by atomic mass is 10.1. The Bertz CT molecular complexity index is 927. The maximum Gasteiger partial charge on any atom is 0.161 e. The van der Waals surface area contributed by atoms with E-state index >= 15 is 0 Å². The first-order valence-corrected chi connectivity index (χ1v) is 8.45. The van der Waals surface area contributed by atoms with E-state index in [4.69, 9.17) is 9.47 Å². The Morgan fingerprint density at radius 2 is 1.69 bits per heavy atom. The molecule has 1 aromatic heterocycles. The average molecular weight is 354 g/mol. The molecule has 4 nitrogen and oxygen atoms in total. The zero-order chi connectivity index (χ0) is 18.7. The molecule has 0 radical (unpaired) electrons. The molecular weight excluding hydrogens is 331 g/mol. The minimum absolute atomic E-state index is 0.241. The molecule has 0 aliphatic heterocycles. The van der Waals surface area contributed by atoms with Gasteiger partial charge in [0.25, 0.3) is 0 Å². The van der Waals surface area contributed by atoms with E-state index in [1.807, 2.05) is 25.2 Å². The summed E-state index contributed by atoms with van der Waals surface area (Å²) in [7, 11) is 5.31. The molecule has 3 rings (SSSR count). The van der Waals surface area contributed by atoms with Gasteiger partial charge >= 0.3 is 0 Å². The van der Waals surface area contributed by atoms with Crippen LogP contribution in [0.4, 0.5) is 4.39 Å². The molecule has 0 atom stereocenters. The summed E-state index contributed by atoms with van der Waals surface area (Å²) >= 11 is 0. The van der Waals surface area contributed by atoms with Gasteiger partial charge in [-0.25, -0.2) is 4.39 Å². The summed E-state index contributed by atoms with van der Waals surface area (Å²) < 4.78 is 24.7. The predicted molar refractivity (Wildman–Crippen MR) is 101 cm³/mol. The predicted octanol–water partition coefficient (Wildman–Crippen LogP) is 4.33. The third kappa shape index (κ3) is 3.63. The van der Waals surface area contributed by atoms with Crippen LogP contribution in [0.15, 0.2) is 42.6 Å². The molecule has 0 saturated carbocycles. The van der Waals surface area contributed by atoms with Crippen LogP contribution in [0.25, 0.3) is 10.9 Å². The number of hydrogen-bond donors (Lipinski definition) is 0. The standard InChI is InChI=1S/C21H23FN2O2/c1-14-10-19(25-3)20(26-4)11-16(14)13-24(2)12-15-7-8-18(22)17-6-5-9-23-21(15)17/h5-11H,12-13H2,1-4H3. The highest BCUT2D eigenvalue weighted by molar-refractivity contribution is 5.82. The molecule has 2 aromatic carbocycles. The van der Waals surface area contributed by atoms with Gasteiger partial charge in [0.2, 0.25) is 0 Å². The highest BCUT2D eigenvalue weighted by atomic mass is 19.1. The molecule has 0 N–H and O–H groups in total. The number of hydrogen-bond acceptors (Lipinski definition) is 4. The van der Waals surface area contributed by atoms with Crippen molar-refractivity contribution in [3.8, 4) is 11.5 Å². The van der Waals surface area contributed by atoms with Gasteiger partial charge in [-0.15, -0.1) is 0 Å². The Morgan fingerprint density at radius 3 is 2.42 bits per heavy atom. The van der Waals surface area contributed by atoms with Crippen molar-refractivity contribution >= 4 is 10.9 Å². The summed E-state index contributed by atoms with van der Waals surface area (Å²) in [5.41, 5.74) is 4.01. The Labute approximate surface area is 153 Å². The summed E-state index contributed by atoms with van der Waals surface area (Å²) in [6.45, 7) is 3.46. The number of benzene rings is 2. The zero-order valence-electron chi connectivity index (χ0n) is 15.5. The maximum atomic E-state index is 14.0. The molecular formula is C21H23FN2O2. The second-order valence-corrected chi connectivity index (χ2v) is 6.41. The van der Waals surface area contributed by atoms with E-state index in [2.05, 4.69) is 16.8 Å². The molecule has 26 heavy (non-hydrogen) atoms. The lowest BCUT2D eigenvalue weighted by Gasteiger charge is -2.20. The van der Waals surface area contributed by atoms with Crippen molar-refractivity contribution in [2.45, 2.75) is 20.0 Å². The van der Waals surface area contributed by atoms with Crippen LogP contribution in [-0.2, 0) is 13.1 Å². The van der Waals surface area contributed by atoms with Crippen LogP contribution in [0.3, 0.4) is 0 Å². The second kappa shape index (κ2) is 7.70. The lowest BCUT2D eigenvalue weighted by Crippen LogP contribution is -2.18. The maximum absolute atomic E-state index is 14.0. The van der Waals surface area contributed by atoms with E-state index in [9.17, 15) is 4.39 Å². The van der Waals surface area contributed by atoms with Crippen LogP contribution in [-0.4, -0.2) is 31.2 Å². The van der Waals surface area contributed by atoms with Crippen molar-refractivity contribution in [3.63, 3.8) is 0 Å². The number of halogens is 1. The van der Waals surface area contributed by atoms with Crippen LogP contribution < -0.4 is 9.47 Å². The fourth-order valence-electron chi connectivity index (χ4n) is 3.15.